The van der Waals surface area contributed by atoms with Crippen LogP contribution in [0, 0.1) is 5.92 Å². The van der Waals surface area contributed by atoms with Crippen LogP contribution >= 0.6 is 0 Å². The number of hydrogen-bond donors (Lipinski definition) is 3. The first-order chi connectivity index (χ1) is 8.99. The standard InChI is InChI=1S/C13H15N3O3/c1-8(12(19)16-5-4-15-13(16)14)6-9-2-3-10(17)11(18)7-9/h2-5,7-8,17-18H,6H2,1H3,(H2,14,15). The molecule has 0 saturated heterocycles. The van der Waals surface area contributed by atoms with Crippen molar-refractivity contribution in [2.24, 2.45) is 5.92 Å². The second-order valence-corrected chi connectivity index (χ2v) is 4.42. The number of phenolic OH excluding ortho intramolecular Hbond substituents is 2. The summed E-state index contributed by atoms with van der Waals surface area (Å²) in [5.74, 6) is -0.700. The van der Waals surface area contributed by atoms with Gasteiger partial charge >= 0.3 is 0 Å². The number of aromatic hydroxyl groups is 2. The molecule has 19 heavy (non-hydrogen) atoms. The van der Waals surface area contributed by atoms with Gasteiger partial charge in [0.25, 0.3) is 0 Å². The van der Waals surface area contributed by atoms with E-state index < -0.39 is 0 Å². The Hall–Kier alpha value is -2.50. The zero-order valence-electron chi connectivity index (χ0n) is 10.4. The van der Waals surface area contributed by atoms with Gasteiger partial charge in [0.05, 0.1) is 0 Å². The molecule has 2 aromatic rings. The van der Waals surface area contributed by atoms with Crippen LogP contribution < -0.4 is 5.73 Å². The number of anilines is 1. The highest BCUT2D eigenvalue weighted by atomic mass is 16.3. The number of rotatable bonds is 3. The fourth-order valence-corrected chi connectivity index (χ4v) is 1.88. The van der Waals surface area contributed by atoms with Crippen LogP contribution in [0.25, 0.3) is 0 Å². The third-order valence-electron chi connectivity index (χ3n) is 2.91. The Labute approximate surface area is 110 Å². The molecule has 1 aromatic carbocycles. The molecule has 0 aliphatic rings. The highest BCUT2D eigenvalue weighted by Gasteiger charge is 2.17. The fraction of sp³-hybridized carbons (Fsp3) is 0.231. The van der Waals surface area contributed by atoms with E-state index in [1.165, 1.54) is 29.1 Å². The summed E-state index contributed by atoms with van der Waals surface area (Å²) in [6, 6.07) is 4.50. The third-order valence-corrected chi connectivity index (χ3v) is 2.91. The van der Waals surface area contributed by atoms with Crippen molar-refractivity contribution in [3.63, 3.8) is 0 Å². The number of carbonyl (C=O) groups excluding carboxylic acids is 1. The van der Waals surface area contributed by atoms with Gasteiger partial charge in [0.2, 0.25) is 11.9 Å². The molecule has 1 atom stereocenters. The van der Waals surface area contributed by atoms with Crippen LogP contribution in [-0.2, 0) is 6.42 Å². The number of benzene rings is 1. The minimum Gasteiger partial charge on any atom is -0.504 e. The molecule has 100 valence electrons. The number of carbonyl (C=O) groups is 1. The van der Waals surface area contributed by atoms with Crippen molar-refractivity contribution in [3.8, 4) is 11.5 Å². The molecule has 0 aliphatic carbocycles. The van der Waals surface area contributed by atoms with E-state index in [0.29, 0.717) is 6.42 Å². The van der Waals surface area contributed by atoms with Crippen molar-refractivity contribution in [2.75, 3.05) is 5.73 Å². The van der Waals surface area contributed by atoms with E-state index in [9.17, 15) is 15.0 Å². The van der Waals surface area contributed by atoms with E-state index in [2.05, 4.69) is 4.98 Å². The summed E-state index contributed by atoms with van der Waals surface area (Å²) in [6.45, 7) is 1.77. The van der Waals surface area contributed by atoms with Crippen LogP contribution in [0.2, 0.25) is 0 Å². The lowest BCUT2D eigenvalue weighted by Gasteiger charge is -2.12. The van der Waals surface area contributed by atoms with Gasteiger partial charge < -0.3 is 15.9 Å². The summed E-state index contributed by atoms with van der Waals surface area (Å²) in [5.41, 5.74) is 6.33. The van der Waals surface area contributed by atoms with Gasteiger partial charge in [0.15, 0.2) is 11.5 Å². The molecule has 0 radical (unpaired) electrons. The van der Waals surface area contributed by atoms with E-state index in [0.717, 1.165) is 5.56 Å². The van der Waals surface area contributed by atoms with E-state index in [-0.39, 0.29) is 29.3 Å². The average Bonchev–Trinajstić information content (AvgIpc) is 2.79. The van der Waals surface area contributed by atoms with Crippen molar-refractivity contribution >= 4 is 11.9 Å². The molecule has 6 nitrogen and oxygen atoms in total. The summed E-state index contributed by atoms with van der Waals surface area (Å²) in [7, 11) is 0. The van der Waals surface area contributed by atoms with Crippen molar-refractivity contribution in [1.29, 1.82) is 0 Å². The lowest BCUT2D eigenvalue weighted by Crippen LogP contribution is -2.22. The van der Waals surface area contributed by atoms with Gasteiger partial charge in [0.1, 0.15) is 0 Å². The quantitative estimate of drug-likeness (QED) is 0.725. The Morgan fingerprint density at radius 3 is 2.74 bits per heavy atom. The number of imidazole rings is 1. The zero-order chi connectivity index (χ0) is 14.0. The van der Waals surface area contributed by atoms with Gasteiger partial charge in [-0.3, -0.25) is 9.36 Å². The Morgan fingerprint density at radius 1 is 1.42 bits per heavy atom. The van der Waals surface area contributed by atoms with E-state index in [1.54, 1.807) is 13.0 Å². The van der Waals surface area contributed by atoms with Crippen LogP contribution in [0.1, 0.15) is 17.3 Å². The molecule has 0 bridgehead atoms. The Balaban J connectivity index is 2.13. The molecule has 0 amide bonds. The molecular weight excluding hydrogens is 246 g/mol. The average molecular weight is 261 g/mol. The van der Waals surface area contributed by atoms with Crippen LogP contribution in [0.3, 0.4) is 0 Å². The van der Waals surface area contributed by atoms with Gasteiger partial charge in [0, 0.05) is 18.3 Å². The molecule has 0 aliphatic heterocycles. The summed E-state index contributed by atoms with van der Waals surface area (Å²) in [4.78, 5) is 15.9. The summed E-state index contributed by atoms with van der Waals surface area (Å²) in [6.07, 6.45) is 3.42. The van der Waals surface area contributed by atoms with Crippen LogP contribution in [-0.4, -0.2) is 25.7 Å². The molecule has 0 saturated carbocycles. The maximum Gasteiger partial charge on any atom is 0.236 e. The Kier molecular flexibility index (Phi) is 3.41. The minimum atomic E-state index is -0.319. The number of aromatic nitrogens is 2. The first kappa shape index (κ1) is 12.9. The third kappa shape index (κ3) is 2.67. The van der Waals surface area contributed by atoms with Gasteiger partial charge in [-0.1, -0.05) is 13.0 Å². The molecule has 2 rings (SSSR count). The molecule has 0 spiro atoms. The molecule has 1 unspecified atom stereocenters. The van der Waals surface area contributed by atoms with Crippen molar-refractivity contribution < 1.29 is 15.0 Å². The first-order valence-electron chi connectivity index (χ1n) is 5.83. The highest BCUT2D eigenvalue weighted by Crippen LogP contribution is 2.26. The van der Waals surface area contributed by atoms with Crippen molar-refractivity contribution in [3.05, 3.63) is 36.2 Å². The highest BCUT2D eigenvalue weighted by molar-refractivity contribution is 5.83. The van der Waals surface area contributed by atoms with Gasteiger partial charge in [-0.15, -0.1) is 0 Å². The molecule has 4 N–H and O–H groups in total. The number of nitrogens with zero attached hydrogens (tertiary/aromatic N) is 2. The maximum absolute atomic E-state index is 12.1. The molecule has 1 aromatic heterocycles. The molecule has 6 heteroatoms. The molecular formula is C13H15N3O3. The number of nitrogen functional groups attached to an aromatic ring is 1. The van der Waals surface area contributed by atoms with E-state index in [1.807, 2.05) is 0 Å². The second kappa shape index (κ2) is 5.01. The Morgan fingerprint density at radius 2 is 2.16 bits per heavy atom. The van der Waals surface area contributed by atoms with E-state index >= 15 is 0 Å². The number of phenols is 2. The Bertz CT molecular complexity index is 607. The summed E-state index contributed by atoms with van der Waals surface area (Å²) >= 11 is 0. The van der Waals surface area contributed by atoms with Gasteiger partial charge in [-0.05, 0) is 24.1 Å². The fourth-order valence-electron chi connectivity index (χ4n) is 1.88. The lowest BCUT2D eigenvalue weighted by molar-refractivity contribution is 0.0847. The minimum absolute atomic E-state index is 0.158. The van der Waals surface area contributed by atoms with Gasteiger partial charge in [-0.25, -0.2) is 4.98 Å². The monoisotopic (exact) mass is 261 g/mol. The molecule has 1 heterocycles. The molecule has 0 fully saturated rings. The SMILES string of the molecule is CC(Cc1ccc(O)c(O)c1)C(=O)n1ccnc1N. The second-order valence-electron chi connectivity index (χ2n) is 4.42. The van der Waals surface area contributed by atoms with Crippen LogP contribution in [0.15, 0.2) is 30.6 Å². The smallest absolute Gasteiger partial charge is 0.236 e. The normalized spacial score (nSPS) is 12.3. The first-order valence-corrected chi connectivity index (χ1v) is 5.83. The predicted octanol–water partition coefficient (Wildman–Crippen LogP) is 1.40. The topological polar surface area (TPSA) is 101 Å². The number of nitrogens with two attached hydrogens (primary N) is 1. The summed E-state index contributed by atoms with van der Waals surface area (Å²) in [5, 5.41) is 18.6. The largest absolute Gasteiger partial charge is 0.504 e. The van der Waals surface area contributed by atoms with Crippen LogP contribution in [0.5, 0.6) is 11.5 Å². The van der Waals surface area contributed by atoms with Gasteiger partial charge in [-0.2, -0.15) is 0 Å². The summed E-state index contributed by atoms with van der Waals surface area (Å²) < 4.78 is 1.30. The van der Waals surface area contributed by atoms with Crippen LogP contribution in [0.4, 0.5) is 5.95 Å². The van der Waals surface area contributed by atoms with E-state index in [4.69, 9.17) is 5.73 Å². The maximum atomic E-state index is 12.1. The van der Waals surface area contributed by atoms with Crippen molar-refractivity contribution in [2.45, 2.75) is 13.3 Å². The predicted molar refractivity (Wildman–Crippen MR) is 69.9 cm³/mol. The zero-order valence-corrected chi connectivity index (χ0v) is 10.4. The van der Waals surface area contributed by atoms with Crippen molar-refractivity contribution in [1.82, 2.24) is 9.55 Å². The lowest BCUT2D eigenvalue weighted by atomic mass is 10.00. The number of hydrogen-bond acceptors (Lipinski definition) is 5.